The first-order valence-corrected chi connectivity index (χ1v) is 11.4. The summed E-state index contributed by atoms with van der Waals surface area (Å²) in [5.74, 6) is 1.000. The van der Waals surface area contributed by atoms with Crippen molar-refractivity contribution in [3.05, 3.63) is 82.5 Å². The van der Waals surface area contributed by atoms with Crippen LogP contribution in [0.4, 0.5) is 0 Å². The highest BCUT2D eigenvalue weighted by atomic mass is 35.5. The SMILES string of the molecule is CCc1c(C(=O)N2CCC(c3nc4cc(Cl)ccc4o3)CC2)cnn1Cc1ccccc1. The Bertz CT molecular complexity index is 1240. The molecule has 0 unspecified atom stereocenters. The largest absolute Gasteiger partial charge is 0.440 e. The monoisotopic (exact) mass is 448 g/mol. The Balaban J connectivity index is 1.28. The zero-order valence-corrected chi connectivity index (χ0v) is 18.8. The number of aromatic nitrogens is 3. The number of fused-ring (bicyclic) bond motifs is 1. The molecule has 164 valence electrons. The molecule has 0 atom stereocenters. The van der Waals surface area contributed by atoms with Gasteiger partial charge in [-0.25, -0.2) is 4.98 Å². The van der Waals surface area contributed by atoms with Crippen molar-refractivity contribution < 1.29 is 9.21 Å². The minimum Gasteiger partial charge on any atom is -0.440 e. The third-order valence-corrected chi connectivity index (χ3v) is 6.42. The van der Waals surface area contributed by atoms with Crippen molar-refractivity contribution >= 4 is 28.6 Å². The average molecular weight is 449 g/mol. The molecule has 2 aromatic carbocycles. The van der Waals surface area contributed by atoms with E-state index in [0.29, 0.717) is 30.2 Å². The third kappa shape index (κ3) is 4.02. The molecule has 0 N–H and O–H groups in total. The Morgan fingerprint density at radius 1 is 1.16 bits per heavy atom. The second-order valence-corrected chi connectivity index (χ2v) is 8.67. The molecule has 5 rings (SSSR count). The van der Waals surface area contributed by atoms with Gasteiger partial charge in [0.1, 0.15) is 5.52 Å². The molecule has 1 fully saturated rings. The van der Waals surface area contributed by atoms with E-state index in [0.717, 1.165) is 41.9 Å². The molecule has 1 saturated heterocycles. The van der Waals surface area contributed by atoms with E-state index in [-0.39, 0.29) is 11.8 Å². The number of amides is 1. The van der Waals surface area contributed by atoms with Crippen molar-refractivity contribution in [2.24, 2.45) is 0 Å². The fraction of sp³-hybridized carbons (Fsp3) is 0.320. The lowest BCUT2D eigenvalue weighted by Crippen LogP contribution is -2.38. The van der Waals surface area contributed by atoms with Gasteiger partial charge in [-0.05, 0) is 43.0 Å². The molecule has 0 saturated carbocycles. The molecular weight excluding hydrogens is 424 g/mol. The number of carbonyl (C=O) groups is 1. The zero-order valence-electron chi connectivity index (χ0n) is 18.0. The van der Waals surface area contributed by atoms with Gasteiger partial charge in [0, 0.05) is 24.0 Å². The van der Waals surface area contributed by atoms with Crippen molar-refractivity contribution in [1.29, 1.82) is 0 Å². The lowest BCUT2D eigenvalue weighted by atomic mass is 9.96. The van der Waals surface area contributed by atoms with Gasteiger partial charge in [0.2, 0.25) is 0 Å². The van der Waals surface area contributed by atoms with Crippen LogP contribution in [0.2, 0.25) is 5.02 Å². The lowest BCUT2D eigenvalue weighted by Gasteiger charge is -2.30. The number of rotatable bonds is 5. The van der Waals surface area contributed by atoms with Crippen LogP contribution in [0.25, 0.3) is 11.1 Å². The number of benzene rings is 2. The molecule has 1 aliphatic rings. The highest BCUT2D eigenvalue weighted by Crippen LogP contribution is 2.31. The molecule has 0 radical (unpaired) electrons. The number of carbonyl (C=O) groups excluding carboxylic acids is 1. The van der Waals surface area contributed by atoms with Gasteiger partial charge in [-0.2, -0.15) is 5.10 Å². The molecule has 0 bridgehead atoms. The maximum atomic E-state index is 13.3. The maximum absolute atomic E-state index is 13.3. The fourth-order valence-electron chi connectivity index (χ4n) is 4.45. The van der Waals surface area contributed by atoms with E-state index >= 15 is 0 Å². The van der Waals surface area contributed by atoms with Crippen LogP contribution < -0.4 is 0 Å². The third-order valence-electron chi connectivity index (χ3n) is 6.19. The summed E-state index contributed by atoms with van der Waals surface area (Å²) in [7, 11) is 0. The quantitative estimate of drug-likeness (QED) is 0.415. The fourth-order valence-corrected chi connectivity index (χ4v) is 4.61. The lowest BCUT2D eigenvalue weighted by molar-refractivity contribution is 0.0705. The van der Waals surface area contributed by atoms with Crippen molar-refractivity contribution in [1.82, 2.24) is 19.7 Å². The molecule has 1 aliphatic heterocycles. The topological polar surface area (TPSA) is 64.2 Å². The number of hydrogen-bond acceptors (Lipinski definition) is 4. The normalized spacial score (nSPS) is 14.9. The van der Waals surface area contributed by atoms with Crippen LogP contribution in [-0.4, -0.2) is 38.7 Å². The predicted octanol–water partition coefficient (Wildman–Crippen LogP) is 5.31. The Morgan fingerprint density at radius 3 is 2.69 bits per heavy atom. The summed E-state index contributed by atoms with van der Waals surface area (Å²) in [4.78, 5) is 19.8. The summed E-state index contributed by atoms with van der Waals surface area (Å²) in [6.45, 7) is 4.09. The van der Waals surface area contributed by atoms with Crippen LogP contribution in [0.3, 0.4) is 0 Å². The molecule has 1 amide bonds. The molecule has 2 aromatic heterocycles. The standard InChI is InChI=1S/C25H25ClN4O2/c1-2-22-20(15-27-30(22)16-17-6-4-3-5-7-17)25(31)29-12-10-18(11-13-29)24-28-21-14-19(26)8-9-23(21)32-24/h3-9,14-15,18H,2,10-13,16H2,1H3. The second-order valence-electron chi connectivity index (χ2n) is 8.23. The molecule has 0 spiro atoms. The smallest absolute Gasteiger partial charge is 0.257 e. The predicted molar refractivity (Wildman–Crippen MR) is 124 cm³/mol. The molecule has 6 nitrogen and oxygen atoms in total. The van der Waals surface area contributed by atoms with Gasteiger partial charge >= 0.3 is 0 Å². The molecule has 4 aromatic rings. The average Bonchev–Trinajstić information content (AvgIpc) is 3.43. The summed E-state index contributed by atoms with van der Waals surface area (Å²) < 4.78 is 7.90. The second kappa shape index (κ2) is 8.79. The number of nitrogens with zero attached hydrogens (tertiary/aromatic N) is 4. The van der Waals surface area contributed by atoms with Crippen molar-refractivity contribution in [3.8, 4) is 0 Å². The van der Waals surface area contributed by atoms with E-state index in [4.69, 9.17) is 16.0 Å². The van der Waals surface area contributed by atoms with Gasteiger partial charge in [0.05, 0.1) is 24.0 Å². The van der Waals surface area contributed by atoms with E-state index in [2.05, 4.69) is 29.1 Å². The van der Waals surface area contributed by atoms with Crippen LogP contribution in [0.15, 0.2) is 59.1 Å². The number of hydrogen-bond donors (Lipinski definition) is 0. The molecule has 7 heteroatoms. The zero-order chi connectivity index (χ0) is 22.1. The van der Waals surface area contributed by atoms with Crippen molar-refractivity contribution in [2.45, 2.75) is 38.6 Å². The minimum atomic E-state index is 0.0592. The van der Waals surface area contributed by atoms with Crippen LogP contribution in [0.1, 0.15) is 53.2 Å². The van der Waals surface area contributed by atoms with Crippen LogP contribution >= 0.6 is 11.6 Å². The Kier molecular flexibility index (Phi) is 5.70. The summed E-state index contributed by atoms with van der Waals surface area (Å²) in [5.41, 5.74) is 4.39. The maximum Gasteiger partial charge on any atom is 0.257 e. The van der Waals surface area contributed by atoms with Gasteiger partial charge < -0.3 is 9.32 Å². The Hall–Kier alpha value is -3.12. The highest BCUT2D eigenvalue weighted by molar-refractivity contribution is 6.31. The van der Waals surface area contributed by atoms with Crippen LogP contribution in [0, 0.1) is 0 Å². The van der Waals surface area contributed by atoms with E-state index in [1.807, 2.05) is 46.0 Å². The number of oxazole rings is 1. The minimum absolute atomic E-state index is 0.0592. The van der Waals surface area contributed by atoms with Gasteiger partial charge in [0.25, 0.3) is 5.91 Å². The van der Waals surface area contributed by atoms with Gasteiger partial charge in [-0.15, -0.1) is 0 Å². The summed E-state index contributed by atoms with van der Waals surface area (Å²) >= 11 is 6.06. The summed E-state index contributed by atoms with van der Waals surface area (Å²) in [6.07, 6.45) is 4.13. The van der Waals surface area contributed by atoms with Crippen LogP contribution in [-0.2, 0) is 13.0 Å². The van der Waals surface area contributed by atoms with Gasteiger partial charge in [-0.3, -0.25) is 9.48 Å². The highest BCUT2D eigenvalue weighted by Gasteiger charge is 2.29. The van der Waals surface area contributed by atoms with E-state index in [9.17, 15) is 4.79 Å². The van der Waals surface area contributed by atoms with E-state index in [1.54, 1.807) is 6.20 Å². The first-order chi connectivity index (χ1) is 15.6. The first-order valence-electron chi connectivity index (χ1n) is 11.1. The number of piperidine rings is 1. The van der Waals surface area contributed by atoms with E-state index < -0.39 is 0 Å². The van der Waals surface area contributed by atoms with Gasteiger partial charge in [-0.1, -0.05) is 48.9 Å². The number of halogens is 1. The Morgan fingerprint density at radius 2 is 1.94 bits per heavy atom. The summed E-state index contributed by atoms with van der Waals surface area (Å²) in [6, 6.07) is 15.7. The van der Waals surface area contributed by atoms with E-state index in [1.165, 1.54) is 5.56 Å². The molecular formula is C25H25ClN4O2. The van der Waals surface area contributed by atoms with Gasteiger partial charge in [0.15, 0.2) is 11.5 Å². The van der Waals surface area contributed by atoms with Crippen molar-refractivity contribution in [3.63, 3.8) is 0 Å². The van der Waals surface area contributed by atoms with Crippen LogP contribution in [0.5, 0.6) is 0 Å². The molecule has 3 heterocycles. The number of likely N-dealkylation sites (tertiary alicyclic amines) is 1. The summed E-state index contributed by atoms with van der Waals surface area (Å²) in [5, 5.41) is 5.18. The molecule has 0 aliphatic carbocycles. The first kappa shape index (κ1) is 20.8. The molecule has 32 heavy (non-hydrogen) atoms. The van der Waals surface area contributed by atoms with Crippen molar-refractivity contribution in [2.75, 3.05) is 13.1 Å². The Labute approximate surface area is 191 Å².